The number of alkyl carbamates (subject to hydrolysis) is 1. The third kappa shape index (κ3) is 8.48. The molecule has 1 aromatic rings. The molecule has 136 valence electrons. The maximum absolute atomic E-state index is 11.6. The molecule has 24 heavy (non-hydrogen) atoms. The lowest BCUT2D eigenvalue weighted by Gasteiger charge is -2.22. The Kier molecular flexibility index (Phi) is 10.4. The van der Waals surface area contributed by atoms with Gasteiger partial charge < -0.3 is 19.7 Å². The molecule has 3 unspecified atom stereocenters. The van der Waals surface area contributed by atoms with Crippen molar-refractivity contribution in [3.8, 4) is 0 Å². The van der Waals surface area contributed by atoms with Crippen molar-refractivity contribution in [3.05, 3.63) is 35.9 Å². The van der Waals surface area contributed by atoms with Gasteiger partial charge in [-0.05, 0) is 18.4 Å². The molecule has 2 N–H and O–H groups in total. The molecule has 0 heterocycles. The Morgan fingerprint density at radius 1 is 1.25 bits per heavy atom. The van der Waals surface area contributed by atoms with E-state index in [-0.39, 0.29) is 13.2 Å². The minimum Gasteiger partial charge on any atom is -0.445 e. The van der Waals surface area contributed by atoms with Crippen LogP contribution < -0.4 is 5.32 Å². The first-order chi connectivity index (χ1) is 11.6. The quantitative estimate of drug-likeness (QED) is 0.593. The molecule has 3 atom stereocenters. The summed E-state index contributed by atoms with van der Waals surface area (Å²) in [6, 6.07) is 9.40. The number of amides is 1. The van der Waals surface area contributed by atoms with Gasteiger partial charge in [0.25, 0.3) is 0 Å². The molecule has 7 heteroatoms. The summed E-state index contributed by atoms with van der Waals surface area (Å²) in [4.78, 5) is 11.6. The molecule has 1 rings (SSSR count). The highest BCUT2D eigenvalue weighted by atomic mass is 31.1. The van der Waals surface area contributed by atoms with Gasteiger partial charge in [-0.3, -0.25) is 4.57 Å². The number of ether oxygens (including phenoxy) is 1. The Bertz CT molecular complexity index is 497. The normalized spacial score (nSPS) is 14.6. The zero-order valence-corrected chi connectivity index (χ0v) is 15.4. The van der Waals surface area contributed by atoms with Gasteiger partial charge in [0.2, 0.25) is 0 Å². The van der Waals surface area contributed by atoms with Crippen LogP contribution in [0.3, 0.4) is 0 Å². The van der Waals surface area contributed by atoms with Crippen LogP contribution in [0.4, 0.5) is 4.79 Å². The number of aliphatic hydroxyl groups excluding tert-OH is 1. The summed E-state index contributed by atoms with van der Waals surface area (Å²) in [7, 11) is -2.10. The predicted octanol–water partition coefficient (Wildman–Crippen LogP) is 3.34. The Morgan fingerprint density at radius 2 is 1.96 bits per heavy atom. The molecular weight excluding hydrogens is 329 g/mol. The van der Waals surface area contributed by atoms with E-state index in [9.17, 15) is 14.5 Å². The van der Waals surface area contributed by atoms with Crippen LogP contribution in [0.5, 0.6) is 0 Å². The third-order valence-electron chi connectivity index (χ3n) is 3.50. The van der Waals surface area contributed by atoms with E-state index in [2.05, 4.69) is 5.32 Å². The van der Waals surface area contributed by atoms with Gasteiger partial charge in [0, 0.05) is 12.7 Å². The largest absolute Gasteiger partial charge is 0.445 e. The standard InChI is InChI=1S/C17H28NO5P/c1-3-8-16(23-24(21)4-2)15(19)11-12-18-17(20)22-13-14-9-6-5-7-10-14/h5-7,9-10,15-16,19,24H,3-4,8,11-13H2,1-2H3,(H,18,20). The summed E-state index contributed by atoms with van der Waals surface area (Å²) >= 11 is 0. The average Bonchev–Trinajstić information content (AvgIpc) is 2.60. The molecule has 0 aliphatic heterocycles. The topological polar surface area (TPSA) is 84.9 Å². The second-order valence-corrected chi connectivity index (χ2v) is 7.20. The Balaban J connectivity index is 2.28. The number of carbonyl (C=O) groups is 1. The third-order valence-corrected chi connectivity index (χ3v) is 4.64. The summed E-state index contributed by atoms with van der Waals surface area (Å²) in [5.41, 5.74) is 0.911. The van der Waals surface area contributed by atoms with E-state index in [0.29, 0.717) is 19.0 Å². The van der Waals surface area contributed by atoms with E-state index in [1.165, 1.54) is 0 Å². The number of carbonyl (C=O) groups excluding carboxylic acids is 1. The number of hydrogen-bond donors (Lipinski definition) is 2. The molecule has 0 saturated heterocycles. The molecule has 0 fully saturated rings. The fraction of sp³-hybridized carbons (Fsp3) is 0.588. The second-order valence-electron chi connectivity index (χ2n) is 5.52. The van der Waals surface area contributed by atoms with Gasteiger partial charge >= 0.3 is 6.09 Å². The van der Waals surface area contributed by atoms with Gasteiger partial charge in [-0.2, -0.15) is 0 Å². The number of benzene rings is 1. The minimum atomic E-state index is -2.10. The van der Waals surface area contributed by atoms with Crippen LogP contribution in [0, 0.1) is 0 Å². The molecule has 0 saturated carbocycles. The van der Waals surface area contributed by atoms with Gasteiger partial charge in [-0.1, -0.05) is 50.6 Å². The molecule has 0 aliphatic rings. The van der Waals surface area contributed by atoms with Gasteiger partial charge in [0.05, 0.1) is 12.2 Å². The van der Waals surface area contributed by atoms with Crippen molar-refractivity contribution in [2.45, 2.75) is 51.9 Å². The van der Waals surface area contributed by atoms with Crippen LogP contribution in [-0.2, 0) is 20.4 Å². The van der Waals surface area contributed by atoms with Crippen molar-refractivity contribution < 1.29 is 23.7 Å². The molecule has 0 spiro atoms. The summed E-state index contributed by atoms with van der Waals surface area (Å²) < 4.78 is 22.1. The van der Waals surface area contributed by atoms with E-state index in [1.54, 1.807) is 6.92 Å². The Labute approximate surface area is 144 Å². The molecule has 0 radical (unpaired) electrons. The van der Waals surface area contributed by atoms with Crippen molar-refractivity contribution in [3.63, 3.8) is 0 Å². The van der Waals surface area contributed by atoms with Crippen LogP contribution in [0.25, 0.3) is 0 Å². The van der Waals surface area contributed by atoms with E-state index >= 15 is 0 Å². The number of hydrogen-bond acceptors (Lipinski definition) is 5. The lowest BCUT2D eigenvalue weighted by atomic mass is 10.1. The van der Waals surface area contributed by atoms with Crippen molar-refractivity contribution in [1.29, 1.82) is 0 Å². The van der Waals surface area contributed by atoms with E-state index in [0.717, 1.165) is 12.0 Å². The molecule has 1 amide bonds. The lowest BCUT2D eigenvalue weighted by Crippen LogP contribution is -2.33. The van der Waals surface area contributed by atoms with E-state index < -0.39 is 26.3 Å². The number of aliphatic hydroxyl groups is 1. The van der Waals surface area contributed by atoms with Crippen LogP contribution >= 0.6 is 8.03 Å². The average molecular weight is 357 g/mol. The summed E-state index contributed by atoms with van der Waals surface area (Å²) in [5.74, 6) is 0. The smallest absolute Gasteiger partial charge is 0.407 e. The van der Waals surface area contributed by atoms with Crippen LogP contribution in [-0.4, -0.2) is 36.1 Å². The molecule has 0 aliphatic carbocycles. The van der Waals surface area contributed by atoms with Crippen molar-refractivity contribution in [2.24, 2.45) is 0 Å². The first-order valence-corrected chi connectivity index (χ1v) is 9.91. The molecular formula is C17H28NO5P. The zero-order valence-electron chi connectivity index (χ0n) is 14.4. The van der Waals surface area contributed by atoms with Crippen molar-refractivity contribution in [1.82, 2.24) is 5.32 Å². The molecule has 0 aromatic heterocycles. The Hall–Kier alpha value is -1.36. The zero-order chi connectivity index (χ0) is 17.8. The van der Waals surface area contributed by atoms with Crippen molar-refractivity contribution >= 4 is 14.1 Å². The highest BCUT2D eigenvalue weighted by Gasteiger charge is 2.21. The first kappa shape index (κ1) is 20.7. The van der Waals surface area contributed by atoms with E-state index in [4.69, 9.17) is 9.26 Å². The minimum absolute atomic E-state index is 0.204. The lowest BCUT2D eigenvalue weighted by molar-refractivity contribution is 0.0305. The summed E-state index contributed by atoms with van der Waals surface area (Å²) in [5, 5.41) is 12.8. The SMILES string of the molecule is CCCC(O[PH](=O)CC)C(O)CCNC(=O)OCc1ccccc1. The highest BCUT2D eigenvalue weighted by molar-refractivity contribution is 7.39. The van der Waals surface area contributed by atoms with Gasteiger partial charge in [-0.25, -0.2) is 4.79 Å². The Morgan fingerprint density at radius 3 is 2.58 bits per heavy atom. The van der Waals surface area contributed by atoms with Gasteiger partial charge in [-0.15, -0.1) is 0 Å². The molecule has 0 bridgehead atoms. The summed E-state index contributed by atoms with van der Waals surface area (Å²) in [6.45, 7) is 4.24. The predicted molar refractivity (Wildman–Crippen MR) is 94.6 cm³/mol. The van der Waals surface area contributed by atoms with E-state index in [1.807, 2.05) is 37.3 Å². The maximum Gasteiger partial charge on any atom is 0.407 e. The van der Waals surface area contributed by atoms with Crippen LogP contribution in [0.2, 0.25) is 0 Å². The molecule has 1 aromatic carbocycles. The first-order valence-electron chi connectivity index (χ1n) is 8.38. The molecule has 6 nitrogen and oxygen atoms in total. The number of nitrogens with one attached hydrogen (secondary N) is 1. The van der Waals surface area contributed by atoms with Crippen molar-refractivity contribution in [2.75, 3.05) is 12.7 Å². The fourth-order valence-electron chi connectivity index (χ4n) is 2.15. The monoisotopic (exact) mass is 357 g/mol. The van der Waals surface area contributed by atoms with Gasteiger partial charge in [0.1, 0.15) is 6.61 Å². The highest BCUT2D eigenvalue weighted by Crippen LogP contribution is 2.27. The fourth-order valence-corrected chi connectivity index (χ4v) is 2.93. The summed E-state index contributed by atoms with van der Waals surface area (Å²) in [6.07, 6.45) is 0.499. The number of rotatable bonds is 11. The van der Waals surface area contributed by atoms with Gasteiger partial charge in [0.15, 0.2) is 8.03 Å². The van der Waals surface area contributed by atoms with Crippen LogP contribution in [0.1, 0.15) is 38.7 Å². The van der Waals surface area contributed by atoms with Crippen LogP contribution in [0.15, 0.2) is 30.3 Å². The second kappa shape index (κ2) is 12.1. The maximum atomic E-state index is 11.6.